The van der Waals surface area contributed by atoms with Crippen LogP contribution in [-0.2, 0) is 4.74 Å². The number of carbonyl (C=O) groups is 2. The number of nitrogens with zero attached hydrogens (tertiary/aromatic N) is 2. The summed E-state index contributed by atoms with van der Waals surface area (Å²) in [7, 11) is 0. The Balaban J connectivity index is 2.14. The largest absolute Gasteiger partial charge is 0.478 e. The van der Waals surface area contributed by atoms with Gasteiger partial charge in [-0.2, -0.15) is 5.10 Å². The average molecular weight is 317 g/mol. The molecule has 7 heteroatoms. The van der Waals surface area contributed by atoms with Gasteiger partial charge in [0.05, 0.1) is 17.6 Å². The number of aromatic nitrogens is 2. The third-order valence-electron chi connectivity index (χ3n) is 3.00. The van der Waals surface area contributed by atoms with E-state index in [4.69, 9.17) is 9.84 Å². The molecule has 0 atom stereocenters. The van der Waals surface area contributed by atoms with E-state index in [9.17, 15) is 9.59 Å². The Morgan fingerprint density at radius 1 is 1.22 bits per heavy atom. The number of rotatable bonds is 3. The average Bonchev–Trinajstić information content (AvgIpc) is 2.79. The molecule has 2 aromatic rings. The second-order valence-corrected chi connectivity index (χ2v) is 6.03. The summed E-state index contributed by atoms with van der Waals surface area (Å²) in [6.45, 7) is 7.05. The summed E-state index contributed by atoms with van der Waals surface area (Å²) < 4.78 is 6.70. The zero-order valence-electron chi connectivity index (χ0n) is 13.5. The van der Waals surface area contributed by atoms with Crippen LogP contribution in [0.25, 0.3) is 5.69 Å². The van der Waals surface area contributed by atoms with Gasteiger partial charge >= 0.3 is 12.1 Å². The fourth-order valence-corrected chi connectivity index (χ4v) is 1.99. The van der Waals surface area contributed by atoms with E-state index >= 15 is 0 Å². The van der Waals surface area contributed by atoms with Crippen molar-refractivity contribution in [2.75, 3.05) is 5.32 Å². The minimum Gasteiger partial charge on any atom is -0.478 e. The van der Waals surface area contributed by atoms with Crippen LogP contribution >= 0.6 is 0 Å². The van der Waals surface area contributed by atoms with E-state index in [1.165, 1.54) is 10.9 Å². The van der Waals surface area contributed by atoms with Crippen molar-refractivity contribution in [3.63, 3.8) is 0 Å². The van der Waals surface area contributed by atoms with Crippen molar-refractivity contribution in [2.45, 2.75) is 33.3 Å². The lowest BCUT2D eigenvalue weighted by Crippen LogP contribution is -2.27. The summed E-state index contributed by atoms with van der Waals surface area (Å²) in [6.07, 6.45) is 0.776. The third kappa shape index (κ3) is 4.09. The van der Waals surface area contributed by atoms with Gasteiger partial charge in [-0.15, -0.1) is 0 Å². The van der Waals surface area contributed by atoms with Gasteiger partial charge < -0.3 is 9.84 Å². The molecule has 0 bridgehead atoms. The number of anilines is 1. The van der Waals surface area contributed by atoms with Crippen molar-refractivity contribution in [3.05, 3.63) is 41.7 Å². The van der Waals surface area contributed by atoms with E-state index in [1.54, 1.807) is 52.0 Å². The van der Waals surface area contributed by atoms with Gasteiger partial charge in [-0.05, 0) is 52.0 Å². The number of aromatic carboxylic acids is 1. The second-order valence-electron chi connectivity index (χ2n) is 6.03. The molecule has 0 aliphatic rings. The van der Waals surface area contributed by atoms with Crippen LogP contribution < -0.4 is 5.32 Å². The van der Waals surface area contributed by atoms with E-state index < -0.39 is 17.7 Å². The summed E-state index contributed by atoms with van der Waals surface area (Å²) in [5.41, 5.74) is 1.39. The first-order valence-corrected chi connectivity index (χ1v) is 7.06. The van der Waals surface area contributed by atoms with Gasteiger partial charge in [0.25, 0.3) is 0 Å². The van der Waals surface area contributed by atoms with E-state index in [1.807, 2.05) is 0 Å². The zero-order valence-corrected chi connectivity index (χ0v) is 13.5. The number of carboxylic acid groups (broad SMARTS) is 1. The van der Waals surface area contributed by atoms with Crippen LogP contribution in [0.15, 0.2) is 30.5 Å². The van der Waals surface area contributed by atoms with Gasteiger partial charge in [0, 0.05) is 5.69 Å². The number of hydrogen-bond donors (Lipinski definition) is 2. The predicted octanol–water partition coefficient (Wildman–Crippen LogP) is 3.23. The number of nitrogens with one attached hydrogen (secondary N) is 1. The monoisotopic (exact) mass is 317 g/mol. The number of carbonyl (C=O) groups excluding carboxylic acids is 1. The Morgan fingerprint density at radius 2 is 1.83 bits per heavy atom. The van der Waals surface area contributed by atoms with Crippen LogP contribution in [0.4, 0.5) is 10.5 Å². The zero-order chi connectivity index (χ0) is 17.2. The molecule has 0 spiro atoms. The summed E-state index contributed by atoms with van der Waals surface area (Å²) in [5, 5.41) is 15.7. The highest BCUT2D eigenvalue weighted by Gasteiger charge is 2.16. The highest BCUT2D eigenvalue weighted by atomic mass is 16.6. The first-order valence-electron chi connectivity index (χ1n) is 7.06. The van der Waals surface area contributed by atoms with Crippen molar-refractivity contribution in [3.8, 4) is 5.69 Å². The molecule has 0 radical (unpaired) electrons. The van der Waals surface area contributed by atoms with E-state index in [2.05, 4.69) is 10.4 Å². The number of ether oxygens (including phenoxy) is 1. The summed E-state index contributed by atoms with van der Waals surface area (Å²) in [5.74, 6) is -1.02. The first-order chi connectivity index (χ1) is 10.7. The molecule has 2 rings (SSSR count). The van der Waals surface area contributed by atoms with Gasteiger partial charge in [0.2, 0.25) is 0 Å². The predicted molar refractivity (Wildman–Crippen MR) is 85.1 cm³/mol. The lowest BCUT2D eigenvalue weighted by molar-refractivity contribution is 0.0634. The molecule has 1 amide bonds. The minimum atomic E-state index is -1.02. The normalized spacial score (nSPS) is 11.1. The molecule has 0 aliphatic heterocycles. The molecule has 0 unspecified atom stereocenters. The molecule has 0 saturated heterocycles. The maximum absolute atomic E-state index is 11.7. The Labute approximate surface area is 133 Å². The Kier molecular flexibility index (Phi) is 4.40. The highest BCUT2D eigenvalue weighted by molar-refractivity contribution is 5.88. The van der Waals surface area contributed by atoms with E-state index in [0.29, 0.717) is 17.1 Å². The summed E-state index contributed by atoms with van der Waals surface area (Å²) in [6, 6.07) is 6.86. The summed E-state index contributed by atoms with van der Waals surface area (Å²) in [4.78, 5) is 22.7. The highest BCUT2D eigenvalue weighted by Crippen LogP contribution is 2.17. The van der Waals surface area contributed by atoms with Crippen molar-refractivity contribution in [1.82, 2.24) is 9.78 Å². The molecule has 1 heterocycles. The molecule has 0 fully saturated rings. The lowest BCUT2D eigenvalue weighted by atomic mass is 10.2. The lowest BCUT2D eigenvalue weighted by Gasteiger charge is -2.19. The molecule has 23 heavy (non-hydrogen) atoms. The molecule has 1 aromatic heterocycles. The standard InChI is InChI=1S/C16H19N3O4/c1-10-13(14(20)21)9-17-19(10)12-7-5-11(6-8-12)18-15(22)23-16(2,3)4/h5-9H,1-4H3,(H,18,22)(H,20,21). The Morgan fingerprint density at radius 3 is 2.30 bits per heavy atom. The maximum atomic E-state index is 11.7. The van der Waals surface area contributed by atoms with Gasteiger partial charge in [0.1, 0.15) is 11.2 Å². The number of carboxylic acids is 1. The third-order valence-corrected chi connectivity index (χ3v) is 3.00. The number of amides is 1. The minimum absolute atomic E-state index is 0.154. The molecular formula is C16H19N3O4. The number of benzene rings is 1. The first kappa shape index (κ1) is 16.5. The molecule has 2 N–H and O–H groups in total. The molecular weight excluding hydrogens is 298 g/mol. The Hall–Kier alpha value is -2.83. The van der Waals surface area contributed by atoms with Gasteiger partial charge in [-0.3, -0.25) is 5.32 Å². The van der Waals surface area contributed by atoms with E-state index in [-0.39, 0.29) is 5.56 Å². The van der Waals surface area contributed by atoms with Crippen LogP contribution in [0.5, 0.6) is 0 Å². The fourth-order valence-electron chi connectivity index (χ4n) is 1.99. The van der Waals surface area contributed by atoms with Crippen LogP contribution in [0.1, 0.15) is 36.8 Å². The van der Waals surface area contributed by atoms with Crippen molar-refractivity contribution < 1.29 is 19.4 Å². The molecule has 7 nitrogen and oxygen atoms in total. The van der Waals surface area contributed by atoms with Crippen molar-refractivity contribution in [2.24, 2.45) is 0 Å². The smallest absolute Gasteiger partial charge is 0.412 e. The van der Waals surface area contributed by atoms with Gasteiger partial charge in [0.15, 0.2) is 0 Å². The van der Waals surface area contributed by atoms with Gasteiger partial charge in [-0.25, -0.2) is 14.3 Å². The van der Waals surface area contributed by atoms with Crippen LogP contribution in [0, 0.1) is 6.92 Å². The SMILES string of the molecule is Cc1c(C(=O)O)cnn1-c1ccc(NC(=O)OC(C)(C)C)cc1. The molecule has 122 valence electrons. The van der Waals surface area contributed by atoms with E-state index in [0.717, 1.165) is 0 Å². The van der Waals surface area contributed by atoms with Crippen molar-refractivity contribution >= 4 is 17.7 Å². The topological polar surface area (TPSA) is 93.5 Å². The molecule has 0 aliphatic carbocycles. The number of hydrogen-bond acceptors (Lipinski definition) is 4. The summed E-state index contributed by atoms with van der Waals surface area (Å²) >= 11 is 0. The van der Waals surface area contributed by atoms with Crippen LogP contribution in [-0.4, -0.2) is 32.6 Å². The second kappa shape index (κ2) is 6.12. The molecule has 0 saturated carbocycles. The Bertz CT molecular complexity index is 727. The fraction of sp³-hybridized carbons (Fsp3) is 0.312. The van der Waals surface area contributed by atoms with Crippen molar-refractivity contribution in [1.29, 1.82) is 0 Å². The molecule has 1 aromatic carbocycles. The quantitative estimate of drug-likeness (QED) is 0.906. The van der Waals surface area contributed by atoms with Crippen LogP contribution in [0.2, 0.25) is 0 Å². The van der Waals surface area contributed by atoms with Crippen LogP contribution in [0.3, 0.4) is 0 Å². The maximum Gasteiger partial charge on any atom is 0.412 e. The van der Waals surface area contributed by atoms with Gasteiger partial charge in [-0.1, -0.05) is 0 Å².